The van der Waals surface area contributed by atoms with Crippen molar-refractivity contribution < 1.29 is 0 Å². The summed E-state index contributed by atoms with van der Waals surface area (Å²) in [6, 6.07) is 16.7. The number of likely N-dealkylation sites (N-methyl/N-ethyl adjacent to an activating group) is 1. The molecule has 0 aliphatic heterocycles. The van der Waals surface area contributed by atoms with Gasteiger partial charge in [0, 0.05) is 38.1 Å². The second-order valence-corrected chi connectivity index (χ2v) is 6.46. The Balaban J connectivity index is 1.68. The molecule has 1 atom stereocenters. The van der Waals surface area contributed by atoms with E-state index in [0.717, 1.165) is 30.4 Å². The van der Waals surface area contributed by atoms with Gasteiger partial charge in [-0.25, -0.2) is 9.97 Å². The Labute approximate surface area is 155 Å². The van der Waals surface area contributed by atoms with Crippen molar-refractivity contribution in [2.75, 3.05) is 23.8 Å². The van der Waals surface area contributed by atoms with Crippen molar-refractivity contribution in [1.29, 1.82) is 0 Å². The molecule has 5 heteroatoms. The van der Waals surface area contributed by atoms with Crippen LogP contribution in [0.15, 0.2) is 60.9 Å². The maximum atomic E-state index is 4.59. The number of hydrogen-bond acceptors (Lipinski definition) is 5. The Morgan fingerprint density at radius 3 is 2.50 bits per heavy atom. The summed E-state index contributed by atoms with van der Waals surface area (Å²) in [5, 5.41) is 3.48. The smallest absolute Gasteiger partial charge is 0.134 e. The van der Waals surface area contributed by atoms with Crippen LogP contribution in [0, 0.1) is 6.92 Å². The van der Waals surface area contributed by atoms with Crippen LogP contribution in [0.2, 0.25) is 0 Å². The third-order valence-corrected chi connectivity index (χ3v) is 4.36. The van der Waals surface area contributed by atoms with Crippen molar-refractivity contribution >= 4 is 11.6 Å². The Morgan fingerprint density at radius 2 is 1.77 bits per heavy atom. The summed E-state index contributed by atoms with van der Waals surface area (Å²) in [7, 11) is 2.06. The number of hydrogen-bond donors (Lipinski definition) is 1. The molecule has 134 valence electrons. The number of anilines is 2. The molecule has 0 saturated heterocycles. The minimum atomic E-state index is 0.181. The van der Waals surface area contributed by atoms with Crippen LogP contribution in [0.5, 0.6) is 0 Å². The van der Waals surface area contributed by atoms with Gasteiger partial charge in [0.1, 0.15) is 17.5 Å². The molecule has 0 aliphatic carbocycles. The van der Waals surface area contributed by atoms with Gasteiger partial charge in [-0.1, -0.05) is 30.3 Å². The van der Waals surface area contributed by atoms with E-state index in [1.165, 1.54) is 11.1 Å². The molecule has 0 aliphatic rings. The number of nitrogens with zero attached hydrogens (tertiary/aromatic N) is 4. The van der Waals surface area contributed by atoms with Crippen molar-refractivity contribution in [3.63, 3.8) is 0 Å². The van der Waals surface area contributed by atoms with Crippen LogP contribution < -0.4 is 10.2 Å². The summed E-state index contributed by atoms with van der Waals surface area (Å²) < 4.78 is 0. The second kappa shape index (κ2) is 8.43. The molecule has 0 saturated carbocycles. The molecule has 26 heavy (non-hydrogen) atoms. The first-order valence-corrected chi connectivity index (χ1v) is 8.89. The molecular formula is C21H25N5. The molecule has 0 radical (unpaired) electrons. The van der Waals surface area contributed by atoms with Crippen LogP contribution in [-0.4, -0.2) is 28.5 Å². The zero-order valence-electron chi connectivity index (χ0n) is 15.6. The number of aromatic nitrogens is 3. The summed E-state index contributed by atoms with van der Waals surface area (Å²) in [5.41, 5.74) is 2.50. The normalized spacial score (nSPS) is 11.8. The van der Waals surface area contributed by atoms with E-state index in [0.29, 0.717) is 0 Å². The van der Waals surface area contributed by atoms with E-state index in [1.54, 1.807) is 0 Å². The topological polar surface area (TPSA) is 53.9 Å². The van der Waals surface area contributed by atoms with Gasteiger partial charge >= 0.3 is 0 Å². The molecule has 1 unspecified atom stereocenters. The Hall–Kier alpha value is -2.95. The highest BCUT2D eigenvalue weighted by Gasteiger charge is 2.10. The van der Waals surface area contributed by atoms with Crippen molar-refractivity contribution in [1.82, 2.24) is 15.0 Å². The number of nitrogens with one attached hydrogen (secondary N) is 1. The molecule has 5 nitrogen and oxygen atoms in total. The molecule has 1 N–H and O–H groups in total. The number of aryl methyl sites for hydroxylation is 1. The van der Waals surface area contributed by atoms with E-state index in [-0.39, 0.29) is 6.04 Å². The fourth-order valence-corrected chi connectivity index (χ4v) is 2.83. The minimum absolute atomic E-state index is 0.181. The maximum Gasteiger partial charge on any atom is 0.134 e. The van der Waals surface area contributed by atoms with Gasteiger partial charge in [-0.15, -0.1) is 0 Å². The lowest BCUT2D eigenvalue weighted by atomic mass is 10.1. The predicted molar refractivity (Wildman–Crippen MR) is 106 cm³/mol. The van der Waals surface area contributed by atoms with Gasteiger partial charge in [0.05, 0.1) is 0 Å². The summed E-state index contributed by atoms with van der Waals surface area (Å²) in [6.45, 7) is 4.95. The SMILES string of the molecule is Cc1nc(NC(C)c2ccccc2)cc(N(C)CCc2ccncc2)n1. The van der Waals surface area contributed by atoms with Gasteiger partial charge in [0.15, 0.2) is 0 Å². The van der Waals surface area contributed by atoms with Gasteiger partial charge in [-0.05, 0) is 43.5 Å². The predicted octanol–water partition coefficient (Wildman–Crippen LogP) is 4.03. The van der Waals surface area contributed by atoms with E-state index in [9.17, 15) is 0 Å². The highest BCUT2D eigenvalue weighted by molar-refractivity contribution is 5.50. The van der Waals surface area contributed by atoms with E-state index in [2.05, 4.69) is 63.4 Å². The Morgan fingerprint density at radius 1 is 1.04 bits per heavy atom. The molecule has 3 aromatic rings. The first-order valence-electron chi connectivity index (χ1n) is 8.89. The Bertz CT molecular complexity index is 820. The third-order valence-electron chi connectivity index (χ3n) is 4.36. The van der Waals surface area contributed by atoms with E-state index < -0.39 is 0 Å². The third kappa shape index (κ3) is 4.79. The average molecular weight is 347 g/mol. The van der Waals surface area contributed by atoms with Crippen LogP contribution in [0.25, 0.3) is 0 Å². The summed E-state index contributed by atoms with van der Waals surface area (Å²) in [4.78, 5) is 15.4. The monoisotopic (exact) mass is 347 g/mol. The molecule has 0 spiro atoms. The summed E-state index contributed by atoms with van der Waals surface area (Å²) in [5.74, 6) is 2.54. The fourth-order valence-electron chi connectivity index (χ4n) is 2.83. The van der Waals surface area contributed by atoms with Crippen molar-refractivity contribution in [2.45, 2.75) is 26.3 Å². The average Bonchev–Trinajstić information content (AvgIpc) is 2.67. The lowest BCUT2D eigenvalue weighted by Crippen LogP contribution is -2.22. The number of rotatable bonds is 7. The molecule has 2 aromatic heterocycles. The quantitative estimate of drug-likeness (QED) is 0.699. The van der Waals surface area contributed by atoms with Crippen molar-refractivity contribution in [2.24, 2.45) is 0 Å². The van der Waals surface area contributed by atoms with Gasteiger partial charge in [0.25, 0.3) is 0 Å². The Kier molecular flexibility index (Phi) is 5.79. The molecule has 2 heterocycles. The fraction of sp³-hybridized carbons (Fsp3) is 0.286. The van der Waals surface area contributed by atoms with Crippen LogP contribution >= 0.6 is 0 Å². The van der Waals surface area contributed by atoms with E-state index >= 15 is 0 Å². The van der Waals surface area contributed by atoms with Gasteiger partial charge in [0.2, 0.25) is 0 Å². The van der Waals surface area contributed by atoms with Gasteiger partial charge < -0.3 is 10.2 Å². The minimum Gasteiger partial charge on any atom is -0.363 e. The standard InChI is InChI=1S/C21H25N5/c1-16(19-7-5-4-6-8-19)23-20-15-21(25-17(2)24-20)26(3)14-11-18-9-12-22-13-10-18/h4-10,12-13,15-16H,11,14H2,1-3H3,(H,23,24,25). The number of benzene rings is 1. The molecular weight excluding hydrogens is 322 g/mol. The lowest BCUT2D eigenvalue weighted by Gasteiger charge is -2.21. The first-order chi connectivity index (χ1) is 12.6. The first kappa shape index (κ1) is 17.9. The van der Waals surface area contributed by atoms with E-state index in [1.807, 2.05) is 43.6 Å². The van der Waals surface area contributed by atoms with Crippen LogP contribution in [0.3, 0.4) is 0 Å². The van der Waals surface area contributed by atoms with Crippen LogP contribution in [0.1, 0.15) is 29.9 Å². The maximum absolute atomic E-state index is 4.59. The zero-order chi connectivity index (χ0) is 18.4. The van der Waals surface area contributed by atoms with Crippen LogP contribution in [-0.2, 0) is 6.42 Å². The molecule has 0 amide bonds. The lowest BCUT2D eigenvalue weighted by molar-refractivity contribution is 0.836. The molecule has 3 rings (SSSR count). The molecule has 0 fully saturated rings. The van der Waals surface area contributed by atoms with Crippen molar-refractivity contribution in [3.8, 4) is 0 Å². The largest absolute Gasteiger partial charge is 0.363 e. The highest BCUT2D eigenvalue weighted by Crippen LogP contribution is 2.21. The summed E-state index contributed by atoms with van der Waals surface area (Å²) in [6.07, 6.45) is 4.61. The van der Waals surface area contributed by atoms with Gasteiger partial charge in [-0.3, -0.25) is 4.98 Å². The molecule has 1 aromatic carbocycles. The van der Waals surface area contributed by atoms with Gasteiger partial charge in [-0.2, -0.15) is 0 Å². The van der Waals surface area contributed by atoms with Crippen molar-refractivity contribution in [3.05, 3.63) is 77.9 Å². The van der Waals surface area contributed by atoms with E-state index in [4.69, 9.17) is 0 Å². The summed E-state index contributed by atoms with van der Waals surface area (Å²) >= 11 is 0. The molecule has 0 bridgehead atoms. The highest BCUT2D eigenvalue weighted by atomic mass is 15.2. The second-order valence-electron chi connectivity index (χ2n) is 6.46. The number of pyridine rings is 1. The zero-order valence-corrected chi connectivity index (χ0v) is 15.6. The van der Waals surface area contributed by atoms with Crippen LogP contribution in [0.4, 0.5) is 11.6 Å².